The van der Waals surface area contributed by atoms with Crippen molar-refractivity contribution in [1.82, 2.24) is 0 Å². The minimum atomic E-state index is -2.64. The van der Waals surface area contributed by atoms with Crippen molar-refractivity contribution in [3.05, 3.63) is 71.8 Å². The van der Waals surface area contributed by atoms with E-state index >= 15 is 0 Å². The van der Waals surface area contributed by atoms with Crippen molar-refractivity contribution >= 4 is 21.3 Å². The Balaban J connectivity index is 2.17. The molecular formula is C17H14O6S. The van der Waals surface area contributed by atoms with Gasteiger partial charge in [0.1, 0.15) is 17.1 Å². The maximum Gasteiger partial charge on any atom is 0.339 e. The first-order chi connectivity index (χ1) is 11.5. The highest BCUT2D eigenvalue weighted by atomic mass is 32.2. The summed E-state index contributed by atoms with van der Waals surface area (Å²) in [4.78, 5) is 11.0. The SMILES string of the molecule is O=C(O)c1cc(OC(C=CCc2ccccc2)=S(=O)=O)ccc1O. The van der Waals surface area contributed by atoms with Gasteiger partial charge >= 0.3 is 5.97 Å². The van der Waals surface area contributed by atoms with Gasteiger partial charge in [-0.25, -0.2) is 4.79 Å². The van der Waals surface area contributed by atoms with E-state index in [-0.39, 0.29) is 16.4 Å². The summed E-state index contributed by atoms with van der Waals surface area (Å²) in [7, 11) is -2.64. The van der Waals surface area contributed by atoms with Gasteiger partial charge in [0.25, 0.3) is 10.3 Å². The lowest BCUT2D eigenvalue weighted by molar-refractivity contribution is 0.0693. The molecule has 2 rings (SSSR count). The lowest BCUT2D eigenvalue weighted by atomic mass is 10.1. The lowest BCUT2D eigenvalue weighted by Gasteiger charge is -2.05. The van der Waals surface area contributed by atoms with Crippen LogP contribution in [0.15, 0.2) is 60.7 Å². The molecule has 2 aromatic carbocycles. The van der Waals surface area contributed by atoms with Crippen LogP contribution in [0.5, 0.6) is 11.5 Å². The zero-order valence-electron chi connectivity index (χ0n) is 12.4. The third-order valence-electron chi connectivity index (χ3n) is 3.03. The summed E-state index contributed by atoms with van der Waals surface area (Å²) in [5.41, 5.74) is 0.624. The minimum Gasteiger partial charge on any atom is -0.507 e. The van der Waals surface area contributed by atoms with Crippen LogP contribution in [-0.4, -0.2) is 29.7 Å². The van der Waals surface area contributed by atoms with Crippen LogP contribution in [0.25, 0.3) is 0 Å². The highest BCUT2D eigenvalue weighted by Gasteiger charge is 2.12. The predicted octanol–water partition coefficient (Wildman–Crippen LogP) is 2.28. The highest BCUT2D eigenvalue weighted by Crippen LogP contribution is 2.23. The van der Waals surface area contributed by atoms with Crippen LogP contribution in [0.2, 0.25) is 0 Å². The van der Waals surface area contributed by atoms with Crippen LogP contribution in [0, 0.1) is 0 Å². The molecule has 0 aromatic heterocycles. The molecule has 0 unspecified atom stereocenters. The Kier molecular flexibility index (Phi) is 5.75. The molecule has 2 aromatic rings. The summed E-state index contributed by atoms with van der Waals surface area (Å²) in [5.74, 6) is -1.78. The van der Waals surface area contributed by atoms with Crippen molar-refractivity contribution < 1.29 is 28.2 Å². The number of carbonyl (C=O) groups is 1. The van der Waals surface area contributed by atoms with Gasteiger partial charge in [0, 0.05) is 0 Å². The molecule has 0 fully saturated rings. The van der Waals surface area contributed by atoms with E-state index in [0.717, 1.165) is 17.7 Å². The number of allylic oxidation sites excluding steroid dienone is 1. The maximum absolute atomic E-state index is 11.3. The molecule has 6 nitrogen and oxygen atoms in total. The van der Waals surface area contributed by atoms with Crippen LogP contribution >= 0.6 is 0 Å². The van der Waals surface area contributed by atoms with E-state index in [1.807, 2.05) is 30.3 Å². The Morgan fingerprint density at radius 3 is 2.46 bits per heavy atom. The van der Waals surface area contributed by atoms with Gasteiger partial charge in [0.05, 0.1) is 0 Å². The average molecular weight is 346 g/mol. The van der Waals surface area contributed by atoms with Crippen LogP contribution < -0.4 is 4.74 Å². The summed E-state index contributed by atoms with van der Waals surface area (Å²) >= 11 is 0. The first-order valence-electron chi connectivity index (χ1n) is 6.88. The summed E-state index contributed by atoms with van der Waals surface area (Å²) in [5, 5.41) is 18.0. The fraction of sp³-hybridized carbons (Fsp3) is 0.0588. The number of phenols is 1. The molecule has 24 heavy (non-hydrogen) atoms. The average Bonchev–Trinajstić information content (AvgIpc) is 2.56. The van der Waals surface area contributed by atoms with Crippen molar-refractivity contribution in [2.45, 2.75) is 6.42 Å². The van der Waals surface area contributed by atoms with Crippen molar-refractivity contribution in [2.75, 3.05) is 0 Å². The van der Waals surface area contributed by atoms with Gasteiger partial charge in [-0.05, 0) is 36.3 Å². The Hall–Kier alpha value is -3.06. The van der Waals surface area contributed by atoms with Gasteiger partial charge in [-0.3, -0.25) is 0 Å². The third kappa shape index (κ3) is 4.72. The fourth-order valence-electron chi connectivity index (χ4n) is 1.90. The molecule has 0 radical (unpaired) electrons. The van der Waals surface area contributed by atoms with Gasteiger partial charge in [-0.1, -0.05) is 36.4 Å². The van der Waals surface area contributed by atoms with E-state index in [2.05, 4.69) is 0 Å². The van der Waals surface area contributed by atoms with E-state index < -0.39 is 22.0 Å². The quantitative estimate of drug-likeness (QED) is 0.636. The molecule has 7 heteroatoms. The summed E-state index contributed by atoms with van der Waals surface area (Å²) < 4.78 is 27.7. The Bertz CT molecular complexity index is 890. The zero-order chi connectivity index (χ0) is 17.5. The second kappa shape index (κ2) is 7.98. The molecule has 0 spiro atoms. The molecule has 0 saturated heterocycles. The molecule has 0 aliphatic heterocycles. The first-order valence-corrected chi connectivity index (χ1v) is 7.95. The Morgan fingerprint density at radius 2 is 1.83 bits per heavy atom. The van der Waals surface area contributed by atoms with Crippen molar-refractivity contribution in [3.8, 4) is 11.5 Å². The number of carboxylic acid groups (broad SMARTS) is 1. The topological polar surface area (TPSA) is 101 Å². The second-order valence-electron chi connectivity index (χ2n) is 4.73. The number of benzene rings is 2. The van der Waals surface area contributed by atoms with Crippen LogP contribution in [0.1, 0.15) is 15.9 Å². The van der Waals surface area contributed by atoms with Crippen LogP contribution in [-0.2, 0) is 16.7 Å². The molecule has 0 aliphatic rings. The van der Waals surface area contributed by atoms with E-state index in [9.17, 15) is 18.3 Å². The first kappa shape index (κ1) is 17.3. The van der Waals surface area contributed by atoms with Crippen molar-refractivity contribution in [1.29, 1.82) is 0 Å². The van der Waals surface area contributed by atoms with Gasteiger partial charge in [-0.15, -0.1) is 0 Å². The number of hydrogen-bond acceptors (Lipinski definition) is 5. The number of hydrogen-bond donors (Lipinski definition) is 2. The van der Waals surface area contributed by atoms with E-state index in [0.29, 0.717) is 6.42 Å². The van der Waals surface area contributed by atoms with Crippen LogP contribution in [0.3, 0.4) is 0 Å². The van der Waals surface area contributed by atoms with Gasteiger partial charge in [-0.2, -0.15) is 8.42 Å². The maximum atomic E-state index is 11.3. The summed E-state index contributed by atoms with van der Waals surface area (Å²) in [6.07, 6.45) is 3.43. The molecule has 0 saturated carbocycles. The molecule has 0 amide bonds. The molecule has 0 atom stereocenters. The van der Waals surface area contributed by atoms with Crippen LogP contribution in [0.4, 0.5) is 0 Å². The van der Waals surface area contributed by atoms with Crippen molar-refractivity contribution in [3.63, 3.8) is 0 Å². The normalized spacial score (nSPS) is 10.5. The number of carboxylic acids is 1. The number of aromatic carboxylic acids is 1. The Morgan fingerprint density at radius 1 is 1.12 bits per heavy atom. The number of aromatic hydroxyl groups is 1. The summed E-state index contributed by atoms with van der Waals surface area (Å²) in [6.45, 7) is 0. The minimum absolute atomic E-state index is 0.00578. The summed E-state index contributed by atoms with van der Waals surface area (Å²) in [6, 6.07) is 12.9. The smallest absolute Gasteiger partial charge is 0.339 e. The number of ether oxygens (including phenoxy) is 1. The standard InChI is InChI=1S/C17H14O6S/c18-15-10-9-13(11-14(15)17(19)20)23-16(24(21)22)8-4-7-12-5-2-1-3-6-12/h1-6,8-11,18H,7H2,(H,19,20). The molecule has 0 bridgehead atoms. The molecular weight excluding hydrogens is 332 g/mol. The Labute approximate surface area is 139 Å². The predicted molar refractivity (Wildman–Crippen MR) is 88.9 cm³/mol. The number of rotatable bonds is 5. The van der Waals surface area contributed by atoms with Gasteiger partial charge in [0.2, 0.25) is 5.05 Å². The highest BCUT2D eigenvalue weighted by molar-refractivity contribution is 7.73. The van der Waals surface area contributed by atoms with E-state index in [1.165, 1.54) is 12.1 Å². The van der Waals surface area contributed by atoms with Gasteiger partial charge in [0.15, 0.2) is 0 Å². The molecule has 124 valence electrons. The van der Waals surface area contributed by atoms with Gasteiger partial charge < -0.3 is 14.9 Å². The lowest BCUT2D eigenvalue weighted by Crippen LogP contribution is -2.07. The third-order valence-corrected chi connectivity index (χ3v) is 3.58. The molecule has 0 aliphatic carbocycles. The zero-order valence-corrected chi connectivity index (χ0v) is 13.2. The fourth-order valence-corrected chi connectivity index (χ4v) is 2.27. The monoisotopic (exact) mass is 346 g/mol. The molecule has 0 heterocycles. The molecule has 2 N–H and O–H groups in total. The largest absolute Gasteiger partial charge is 0.507 e. The van der Waals surface area contributed by atoms with E-state index in [1.54, 1.807) is 6.08 Å². The second-order valence-corrected chi connectivity index (χ2v) is 5.60. The van der Waals surface area contributed by atoms with Crippen molar-refractivity contribution in [2.24, 2.45) is 0 Å². The van der Waals surface area contributed by atoms with E-state index in [4.69, 9.17) is 9.84 Å².